The predicted octanol–water partition coefficient (Wildman–Crippen LogP) is 2.49. The van der Waals surface area contributed by atoms with Crippen molar-refractivity contribution in [3.05, 3.63) is 62.7 Å². The molecule has 8 nitrogen and oxygen atoms in total. The molecule has 3 aliphatic carbocycles. The van der Waals surface area contributed by atoms with Gasteiger partial charge in [0.05, 0.1) is 22.0 Å². The first kappa shape index (κ1) is 20.4. The number of esters is 1. The number of non-ortho nitro benzene ring substituents is 1. The summed E-state index contributed by atoms with van der Waals surface area (Å²) < 4.78 is 5.37. The molecule has 0 saturated heterocycles. The molecule has 1 spiro atoms. The van der Waals surface area contributed by atoms with E-state index in [1.54, 1.807) is 13.0 Å². The number of nitro groups is 1. The van der Waals surface area contributed by atoms with Crippen molar-refractivity contribution < 1.29 is 29.5 Å². The van der Waals surface area contributed by atoms with Crippen LogP contribution in [-0.2, 0) is 9.53 Å². The van der Waals surface area contributed by atoms with E-state index in [-0.39, 0.29) is 23.4 Å². The molecule has 0 aliphatic heterocycles. The van der Waals surface area contributed by atoms with Crippen LogP contribution in [0.4, 0.5) is 5.69 Å². The van der Waals surface area contributed by atoms with Gasteiger partial charge in [0.1, 0.15) is 12.2 Å². The Morgan fingerprint density at radius 3 is 2.40 bits per heavy atom. The van der Waals surface area contributed by atoms with E-state index in [1.165, 1.54) is 31.2 Å². The number of hydrogen-bond donors (Lipinski definition) is 2. The van der Waals surface area contributed by atoms with Crippen LogP contribution < -0.4 is 0 Å². The fraction of sp³-hybridized carbons (Fsp3) is 0.455. The summed E-state index contributed by atoms with van der Waals surface area (Å²) in [7, 11) is 0. The maximum Gasteiger partial charge on any atom is 0.338 e. The third-order valence-corrected chi connectivity index (χ3v) is 6.98. The van der Waals surface area contributed by atoms with Crippen molar-refractivity contribution in [2.75, 3.05) is 6.61 Å². The first-order valence-corrected chi connectivity index (χ1v) is 9.76. The van der Waals surface area contributed by atoms with Gasteiger partial charge in [0.15, 0.2) is 5.78 Å². The topological polar surface area (TPSA) is 127 Å². The van der Waals surface area contributed by atoms with Gasteiger partial charge in [-0.1, -0.05) is 11.6 Å². The van der Waals surface area contributed by atoms with Crippen molar-refractivity contribution in [1.82, 2.24) is 0 Å². The number of nitrogens with zero attached hydrogens (tertiary/aromatic N) is 1. The van der Waals surface area contributed by atoms with E-state index in [0.29, 0.717) is 18.4 Å². The quantitative estimate of drug-likeness (QED) is 0.441. The molecule has 4 rings (SSSR count). The van der Waals surface area contributed by atoms with Crippen LogP contribution in [0.3, 0.4) is 0 Å². The average molecular weight is 413 g/mol. The van der Waals surface area contributed by atoms with Crippen molar-refractivity contribution >= 4 is 17.4 Å². The fourth-order valence-electron chi connectivity index (χ4n) is 4.79. The van der Waals surface area contributed by atoms with Gasteiger partial charge in [-0.3, -0.25) is 14.9 Å². The molecule has 1 aromatic rings. The molecular weight excluding hydrogens is 390 g/mol. The highest BCUT2D eigenvalue weighted by Gasteiger charge is 2.66. The van der Waals surface area contributed by atoms with Crippen LogP contribution in [-0.4, -0.2) is 45.2 Å². The number of hydrogen-bond acceptors (Lipinski definition) is 7. The van der Waals surface area contributed by atoms with Crippen LogP contribution in [0.2, 0.25) is 0 Å². The first-order chi connectivity index (χ1) is 13.9. The lowest BCUT2D eigenvalue weighted by Crippen LogP contribution is -2.50. The lowest BCUT2D eigenvalue weighted by molar-refractivity contribution is -0.384. The van der Waals surface area contributed by atoms with E-state index in [4.69, 9.17) is 4.74 Å². The Labute approximate surface area is 173 Å². The number of ketones is 1. The molecule has 1 saturated carbocycles. The highest BCUT2D eigenvalue weighted by atomic mass is 16.6. The largest absolute Gasteiger partial charge is 0.461 e. The molecule has 0 amide bonds. The molecule has 2 N–H and O–H groups in total. The number of ether oxygens (including phenoxy) is 1. The number of fused-ring (bicyclic) bond motifs is 1. The van der Waals surface area contributed by atoms with E-state index >= 15 is 0 Å². The summed E-state index contributed by atoms with van der Waals surface area (Å²) in [6.45, 7) is 4.87. The van der Waals surface area contributed by atoms with Crippen molar-refractivity contribution in [2.45, 2.75) is 45.3 Å². The molecule has 30 heavy (non-hydrogen) atoms. The van der Waals surface area contributed by atoms with Gasteiger partial charge in [-0.15, -0.1) is 0 Å². The number of carbonyl (C=O) groups is 2. The van der Waals surface area contributed by atoms with Crippen LogP contribution in [0.5, 0.6) is 0 Å². The zero-order chi connectivity index (χ0) is 22.1. The molecule has 0 bridgehead atoms. The van der Waals surface area contributed by atoms with Gasteiger partial charge >= 0.3 is 5.97 Å². The van der Waals surface area contributed by atoms with Crippen LogP contribution in [0, 0.1) is 20.9 Å². The molecule has 3 atom stereocenters. The lowest BCUT2D eigenvalue weighted by Gasteiger charge is -2.39. The normalized spacial score (nSPS) is 31.4. The predicted molar refractivity (Wildman–Crippen MR) is 106 cm³/mol. The minimum absolute atomic E-state index is 0.138. The van der Waals surface area contributed by atoms with Crippen molar-refractivity contribution in [1.29, 1.82) is 0 Å². The maximum atomic E-state index is 13.0. The van der Waals surface area contributed by atoms with Crippen molar-refractivity contribution in [3.8, 4) is 0 Å². The number of carbonyl (C=O) groups excluding carboxylic acids is 2. The summed E-state index contributed by atoms with van der Waals surface area (Å²) in [6, 6.07) is 5.03. The van der Waals surface area contributed by atoms with Gasteiger partial charge in [-0.25, -0.2) is 4.79 Å². The van der Waals surface area contributed by atoms with Gasteiger partial charge in [-0.05, 0) is 51.3 Å². The Morgan fingerprint density at radius 1 is 1.27 bits per heavy atom. The molecule has 1 fully saturated rings. The van der Waals surface area contributed by atoms with E-state index in [9.17, 15) is 29.9 Å². The summed E-state index contributed by atoms with van der Waals surface area (Å²) in [5, 5.41) is 32.7. The molecule has 3 aliphatic rings. The average Bonchev–Trinajstić information content (AvgIpc) is 3.48. The number of nitro benzene ring substituents is 1. The zero-order valence-corrected chi connectivity index (χ0v) is 17.0. The van der Waals surface area contributed by atoms with Crippen LogP contribution >= 0.6 is 0 Å². The minimum atomic E-state index is -1.52. The van der Waals surface area contributed by atoms with Crippen LogP contribution in [0.1, 0.15) is 44.0 Å². The number of aliphatic hydroxyl groups excluding tert-OH is 1. The summed E-state index contributed by atoms with van der Waals surface area (Å²) in [5.74, 6) is -1.10. The third-order valence-electron chi connectivity index (χ3n) is 6.98. The van der Waals surface area contributed by atoms with Gasteiger partial charge in [0, 0.05) is 23.1 Å². The van der Waals surface area contributed by atoms with Gasteiger partial charge in [0.2, 0.25) is 0 Å². The fourth-order valence-corrected chi connectivity index (χ4v) is 4.79. The highest BCUT2D eigenvalue weighted by Crippen LogP contribution is 2.65. The molecule has 0 radical (unpaired) electrons. The second-order valence-corrected chi connectivity index (χ2v) is 8.87. The maximum absolute atomic E-state index is 13.0. The first-order valence-electron chi connectivity index (χ1n) is 9.76. The van der Waals surface area contributed by atoms with Crippen molar-refractivity contribution in [2.24, 2.45) is 10.8 Å². The number of Topliss-reactive ketones (excluding diaryl/α,β-unsaturated/α-hetero) is 1. The van der Waals surface area contributed by atoms with Crippen molar-refractivity contribution in [3.63, 3.8) is 0 Å². The number of benzene rings is 1. The van der Waals surface area contributed by atoms with Gasteiger partial charge in [-0.2, -0.15) is 0 Å². The molecule has 8 heteroatoms. The lowest BCUT2D eigenvalue weighted by atomic mass is 9.67. The second kappa shape index (κ2) is 6.33. The third kappa shape index (κ3) is 2.67. The molecule has 0 heterocycles. The SMILES string of the molecule is CC1=C2C(=C[C@@](C)(COC(=O)c3ccc([N+](=O)[O-])cc3)C2O)C(=O)[C@](C)(O)C12CC2. The standard InChI is InChI=1S/C22H23NO7/c1-12-16-15(17(24)21(3,27)22(12)8-9-22)10-20(2,18(16)25)11-30-19(26)13-4-6-14(7-5-13)23(28)29/h4-7,10,18,25,27H,8-9,11H2,1-3H3/t18?,20-,21-/m0/s1. The Hall–Kier alpha value is -2.84. The monoisotopic (exact) mass is 413 g/mol. The van der Waals surface area contributed by atoms with Crippen LogP contribution in [0.25, 0.3) is 0 Å². The summed E-state index contributed by atoms with van der Waals surface area (Å²) >= 11 is 0. The van der Waals surface area contributed by atoms with E-state index in [2.05, 4.69) is 0 Å². The Kier molecular flexibility index (Phi) is 4.31. The number of rotatable bonds is 4. The van der Waals surface area contributed by atoms with E-state index in [1.807, 2.05) is 6.92 Å². The smallest absolute Gasteiger partial charge is 0.338 e. The molecular formula is C22H23NO7. The second-order valence-electron chi connectivity index (χ2n) is 8.87. The molecule has 158 valence electrons. The van der Waals surface area contributed by atoms with Crippen LogP contribution in [0.15, 0.2) is 47.1 Å². The van der Waals surface area contributed by atoms with E-state index in [0.717, 1.165) is 5.57 Å². The van der Waals surface area contributed by atoms with E-state index < -0.39 is 39.2 Å². The minimum Gasteiger partial charge on any atom is -0.461 e. The highest BCUT2D eigenvalue weighted by molar-refractivity contribution is 6.09. The Bertz CT molecular complexity index is 1030. The molecule has 0 aromatic heterocycles. The van der Waals surface area contributed by atoms with Gasteiger partial charge in [0.25, 0.3) is 5.69 Å². The summed E-state index contributed by atoms with van der Waals surface area (Å²) in [4.78, 5) is 35.5. The summed E-state index contributed by atoms with van der Waals surface area (Å²) in [6.07, 6.45) is 1.92. The molecule has 1 unspecified atom stereocenters. The molecule has 1 aromatic carbocycles. The summed E-state index contributed by atoms with van der Waals surface area (Å²) in [5.41, 5.74) is -1.54. The number of aliphatic hydroxyl groups is 2. The Balaban J connectivity index is 1.57. The zero-order valence-electron chi connectivity index (χ0n) is 17.0. The van der Waals surface area contributed by atoms with Gasteiger partial charge < -0.3 is 14.9 Å². The Morgan fingerprint density at radius 2 is 1.87 bits per heavy atom.